The number of aliphatic hydroxyl groups is 2. The Morgan fingerprint density at radius 2 is 1.50 bits per heavy atom. The van der Waals surface area contributed by atoms with Crippen LogP contribution in [0.25, 0.3) is 0 Å². The number of rotatable bonds is 17. The van der Waals surface area contributed by atoms with Gasteiger partial charge in [0.2, 0.25) is 0 Å². The number of hydrogen-bond donors (Lipinski definition) is 4. The number of thioether (sulfide) groups is 1. The molecule has 0 saturated carbocycles. The molecule has 6 nitrogen and oxygen atoms in total. The van der Waals surface area contributed by atoms with Gasteiger partial charge in [0, 0.05) is 17.6 Å². The van der Waals surface area contributed by atoms with Gasteiger partial charge in [-0.2, -0.15) is 11.8 Å². The van der Waals surface area contributed by atoms with Crippen LogP contribution in [0.3, 0.4) is 0 Å². The summed E-state index contributed by atoms with van der Waals surface area (Å²) in [5.41, 5.74) is 5.62. The molecule has 0 aliphatic carbocycles. The van der Waals surface area contributed by atoms with Crippen LogP contribution < -0.4 is 5.73 Å². The van der Waals surface area contributed by atoms with Gasteiger partial charge in [-0.15, -0.1) is 0 Å². The third-order valence-electron chi connectivity index (χ3n) is 4.88. The molecule has 0 spiro atoms. The molecule has 0 aromatic heterocycles. The van der Waals surface area contributed by atoms with Crippen molar-refractivity contribution >= 4 is 17.7 Å². The molecule has 0 aromatic carbocycles. The van der Waals surface area contributed by atoms with E-state index in [0.717, 1.165) is 25.7 Å². The van der Waals surface area contributed by atoms with Crippen LogP contribution in [0.15, 0.2) is 0 Å². The number of nitrogens with two attached hydrogens (primary N) is 1. The summed E-state index contributed by atoms with van der Waals surface area (Å²) in [6.07, 6.45) is 3.38. The SMILES string of the molecule is CCC(OCCC(SCC(N)C(=O)O)C(O)CCC(C)C)C(O)CCC(C)C. The molecular weight excluding hydrogens is 378 g/mol. The van der Waals surface area contributed by atoms with Crippen molar-refractivity contribution in [1.82, 2.24) is 0 Å². The van der Waals surface area contributed by atoms with Gasteiger partial charge in [0.1, 0.15) is 6.04 Å². The molecule has 0 radical (unpaired) electrons. The van der Waals surface area contributed by atoms with Gasteiger partial charge in [0.25, 0.3) is 0 Å². The van der Waals surface area contributed by atoms with Crippen LogP contribution in [0, 0.1) is 11.8 Å². The Bertz CT molecular complexity index is 408. The topological polar surface area (TPSA) is 113 Å². The second kappa shape index (κ2) is 15.5. The first kappa shape index (κ1) is 27.7. The lowest BCUT2D eigenvalue weighted by Gasteiger charge is -2.27. The van der Waals surface area contributed by atoms with Crippen LogP contribution in [0.2, 0.25) is 0 Å². The van der Waals surface area contributed by atoms with Crippen LogP contribution in [0.4, 0.5) is 0 Å². The van der Waals surface area contributed by atoms with E-state index in [4.69, 9.17) is 15.6 Å². The van der Waals surface area contributed by atoms with Crippen LogP contribution in [0.1, 0.15) is 73.1 Å². The van der Waals surface area contributed by atoms with E-state index < -0.39 is 24.2 Å². The summed E-state index contributed by atoms with van der Waals surface area (Å²) in [5.74, 6) is 0.270. The highest BCUT2D eigenvalue weighted by Crippen LogP contribution is 2.24. The van der Waals surface area contributed by atoms with Crippen molar-refractivity contribution in [2.75, 3.05) is 12.4 Å². The standard InChI is InChI=1S/C21H43NO5S/c1-6-19(17(23)9-7-14(2)3)27-12-11-20(18(24)10-8-15(4)5)28-13-16(22)21(25)26/h14-20,23-24H,6-13,22H2,1-5H3,(H,25,26). The van der Waals surface area contributed by atoms with Crippen molar-refractivity contribution in [3.63, 3.8) is 0 Å². The fraction of sp³-hybridized carbons (Fsp3) is 0.952. The number of carboxylic acids is 1. The molecule has 0 bridgehead atoms. The number of ether oxygens (including phenoxy) is 1. The highest BCUT2D eigenvalue weighted by atomic mass is 32.2. The molecule has 0 saturated heterocycles. The third kappa shape index (κ3) is 13.0. The third-order valence-corrected chi connectivity index (χ3v) is 6.41. The summed E-state index contributed by atoms with van der Waals surface area (Å²) in [5, 5.41) is 29.8. The second-order valence-corrected chi connectivity index (χ2v) is 9.77. The molecule has 0 aliphatic rings. The van der Waals surface area contributed by atoms with Crippen LogP contribution in [-0.2, 0) is 9.53 Å². The Labute approximate surface area is 175 Å². The van der Waals surface area contributed by atoms with E-state index in [1.165, 1.54) is 11.8 Å². The highest BCUT2D eigenvalue weighted by molar-refractivity contribution is 8.00. The average molecular weight is 422 g/mol. The average Bonchev–Trinajstić information content (AvgIpc) is 2.63. The summed E-state index contributed by atoms with van der Waals surface area (Å²) in [6, 6.07) is -0.938. The normalized spacial score (nSPS) is 17.5. The molecule has 5 unspecified atom stereocenters. The zero-order chi connectivity index (χ0) is 21.7. The van der Waals surface area contributed by atoms with E-state index >= 15 is 0 Å². The molecule has 28 heavy (non-hydrogen) atoms. The van der Waals surface area contributed by atoms with Crippen LogP contribution in [-0.4, -0.2) is 63.3 Å². The lowest BCUT2D eigenvalue weighted by Crippen LogP contribution is -2.35. The molecule has 0 rings (SSSR count). The van der Waals surface area contributed by atoms with E-state index in [0.29, 0.717) is 31.3 Å². The van der Waals surface area contributed by atoms with Gasteiger partial charge in [-0.1, -0.05) is 34.6 Å². The summed E-state index contributed by atoms with van der Waals surface area (Å²) in [7, 11) is 0. The molecule has 0 amide bonds. The quantitative estimate of drug-likeness (QED) is 0.285. The van der Waals surface area contributed by atoms with E-state index in [1.807, 2.05) is 6.92 Å². The molecule has 0 fully saturated rings. The molecule has 168 valence electrons. The number of hydrogen-bond acceptors (Lipinski definition) is 6. The molecule has 5 atom stereocenters. The lowest BCUT2D eigenvalue weighted by molar-refractivity contribution is -0.137. The van der Waals surface area contributed by atoms with Crippen molar-refractivity contribution in [2.45, 2.75) is 103 Å². The zero-order valence-corrected chi connectivity index (χ0v) is 19.2. The summed E-state index contributed by atoms with van der Waals surface area (Å²) >= 11 is 1.40. The van der Waals surface area contributed by atoms with Gasteiger partial charge in [-0.05, 0) is 50.4 Å². The summed E-state index contributed by atoms with van der Waals surface area (Å²) < 4.78 is 5.92. The van der Waals surface area contributed by atoms with Gasteiger partial charge in [-0.25, -0.2) is 0 Å². The van der Waals surface area contributed by atoms with Crippen molar-refractivity contribution in [1.29, 1.82) is 0 Å². The number of carbonyl (C=O) groups is 1. The Kier molecular flexibility index (Phi) is 15.3. The predicted octanol–water partition coefficient (Wildman–Crippen LogP) is 3.28. The predicted molar refractivity (Wildman–Crippen MR) is 117 cm³/mol. The van der Waals surface area contributed by atoms with Crippen molar-refractivity contribution in [3.8, 4) is 0 Å². The van der Waals surface area contributed by atoms with Gasteiger partial charge in [0.15, 0.2) is 0 Å². The smallest absolute Gasteiger partial charge is 0.321 e. The van der Waals surface area contributed by atoms with E-state index in [9.17, 15) is 15.0 Å². The van der Waals surface area contributed by atoms with Crippen LogP contribution in [0.5, 0.6) is 0 Å². The van der Waals surface area contributed by atoms with Gasteiger partial charge >= 0.3 is 5.97 Å². The lowest BCUT2D eigenvalue weighted by atomic mass is 10.0. The van der Waals surface area contributed by atoms with Crippen molar-refractivity contribution < 1.29 is 24.9 Å². The monoisotopic (exact) mass is 421 g/mol. The maximum atomic E-state index is 11.0. The minimum absolute atomic E-state index is 0.130. The van der Waals surface area contributed by atoms with Gasteiger partial charge < -0.3 is 25.8 Å². The second-order valence-electron chi connectivity index (χ2n) is 8.50. The Balaban J connectivity index is 4.62. The maximum Gasteiger partial charge on any atom is 0.321 e. The van der Waals surface area contributed by atoms with E-state index in [2.05, 4.69) is 27.7 Å². The van der Waals surface area contributed by atoms with Gasteiger partial charge in [-0.3, -0.25) is 4.79 Å². The Hall–Kier alpha value is -0.340. The molecule has 5 N–H and O–H groups in total. The first-order valence-corrected chi connectivity index (χ1v) is 11.7. The van der Waals surface area contributed by atoms with Gasteiger partial charge in [0.05, 0.1) is 18.3 Å². The largest absolute Gasteiger partial charge is 0.480 e. The molecule has 0 aliphatic heterocycles. The molecule has 7 heteroatoms. The maximum absolute atomic E-state index is 11.0. The fourth-order valence-corrected chi connectivity index (χ4v) is 4.12. The van der Waals surface area contributed by atoms with Crippen LogP contribution >= 0.6 is 11.8 Å². The molecular formula is C21H43NO5S. The van der Waals surface area contributed by atoms with Crippen molar-refractivity contribution in [3.05, 3.63) is 0 Å². The van der Waals surface area contributed by atoms with Crippen molar-refractivity contribution in [2.24, 2.45) is 17.6 Å². The Morgan fingerprint density at radius 1 is 0.964 bits per heavy atom. The number of aliphatic hydroxyl groups excluding tert-OH is 2. The molecule has 0 aromatic rings. The first-order valence-electron chi connectivity index (χ1n) is 10.7. The summed E-state index contributed by atoms with van der Waals surface area (Å²) in [6.45, 7) is 10.9. The number of aliphatic carboxylic acids is 1. The number of carboxylic acid groups (broad SMARTS) is 1. The first-order chi connectivity index (χ1) is 13.1. The zero-order valence-electron chi connectivity index (χ0n) is 18.3. The van der Waals surface area contributed by atoms with E-state index in [1.54, 1.807) is 0 Å². The highest BCUT2D eigenvalue weighted by Gasteiger charge is 2.24. The minimum Gasteiger partial charge on any atom is -0.480 e. The summed E-state index contributed by atoms with van der Waals surface area (Å²) in [4.78, 5) is 11.0. The minimum atomic E-state index is -1.03. The fourth-order valence-electron chi connectivity index (χ4n) is 2.90. The molecule has 0 heterocycles. The van der Waals surface area contributed by atoms with E-state index in [-0.39, 0.29) is 17.1 Å². The Morgan fingerprint density at radius 3 is 1.96 bits per heavy atom.